The average molecular weight is 319 g/mol. The first-order valence-electron chi connectivity index (χ1n) is 5.31. The molecule has 0 aromatic heterocycles. The van der Waals surface area contributed by atoms with Gasteiger partial charge in [0, 0.05) is 26.1 Å². The van der Waals surface area contributed by atoms with Crippen LogP contribution in [0.25, 0.3) is 0 Å². The van der Waals surface area contributed by atoms with Gasteiger partial charge >= 0.3 is 12.0 Å². The quantitative estimate of drug-likeness (QED) is 0.335. The molecule has 9 heteroatoms. The highest BCUT2D eigenvalue weighted by Gasteiger charge is 2.24. The van der Waals surface area contributed by atoms with Crippen molar-refractivity contribution in [3.05, 3.63) is 22.2 Å². The van der Waals surface area contributed by atoms with Crippen molar-refractivity contribution in [2.45, 2.75) is 6.92 Å². The van der Waals surface area contributed by atoms with Crippen LogP contribution in [0.5, 0.6) is 5.75 Å². The maximum Gasteiger partial charge on any atom is 0.328 e. The third kappa shape index (κ3) is 3.52. The van der Waals surface area contributed by atoms with Crippen molar-refractivity contribution in [1.82, 2.24) is 5.32 Å². The lowest BCUT2D eigenvalue weighted by molar-refractivity contribution is -0.131. The molecular weight excluding hydrogens is 307 g/mol. The lowest BCUT2D eigenvalue weighted by atomic mass is 10.2. The second kappa shape index (κ2) is 6.44. The molecule has 1 aromatic carbocycles. The molecule has 0 saturated carbocycles. The Balaban J connectivity index is 3.34. The molecule has 108 valence electrons. The first kappa shape index (κ1) is 16.1. The lowest BCUT2D eigenvalue weighted by Crippen LogP contribution is -2.46. The van der Waals surface area contributed by atoms with Gasteiger partial charge in [0.15, 0.2) is 0 Å². The van der Waals surface area contributed by atoms with Crippen LogP contribution in [0, 0.1) is 5.41 Å². The van der Waals surface area contributed by atoms with Crippen LogP contribution < -0.4 is 20.7 Å². The second-order valence-electron chi connectivity index (χ2n) is 3.60. The van der Waals surface area contributed by atoms with Gasteiger partial charge in [-0.3, -0.25) is 10.2 Å². The largest absolute Gasteiger partial charge is 0.427 e. The molecule has 0 fully saturated rings. The summed E-state index contributed by atoms with van der Waals surface area (Å²) in [5.74, 6) is -0.982. The number of nitrogens with one attached hydrogen (secondary N) is 2. The van der Waals surface area contributed by atoms with Gasteiger partial charge in [0.25, 0.3) is 0 Å². The number of carbonyl (C=O) groups is 2. The predicted octanol–water partition coefficient (Wildman–Crippen LogP) is 1.96. The van der Waals surface area contributed by atoms with Crippen molar-refractivity contribution in [3.63, 3.8) is 0 Å². The van der Waals surface area contributed by atoms with E-state index in [1.54, 1.807) is 0 Å². The number of amides is 2. The molecule has 20 heavy (non-hydrogen) atoms. The Kier molecular flexibility index (Phi) is 5.18. The summed E-state index contributed by atoms with van der Waals surface area (Å²) in [5, 5.41) is 9.75. The van der Waals surface area contributed by atoms with Gasteiger partial charge in [0.05, 0.1) is 15.7 Å². The van der Waals surface area contributed by atoms with E-state index in [4.69, 9.17) is 39.1 Å². The first-order valence-corrected chi connectivity index (χ1v) is 6.06. The molecule has 0 aliphatic rings. The highest BCUT2D eigenvalue weighted by Crippen LogP contribution is 2.37. The fourth-order valence-electron chi connectivity index (χ4n) is 1.42. The SMILES string of the molecule is CNC(=O)N(C(=N)N)c1c(Cl)cc(OC(C)=O)cc1Cl. The minimum absolute atomic E-state index is 0.00699. The number of nitrogens with two attached hydrogens (primary N) is 1. The van der Waals surface area contributed by atoms with Gasteiger partial charge in [-0.2, -0.15) is 0 Å². The lowest BCUT2D eigenvalue weighted by Gasteiger charge is -2.22. The van der Waals surface area contributed by atoms with Gasteiger partial charge in [-0.1, -0.05) is 23.2 Å². The summed E-state index contributed by atoms with van der Waals surface area (Å²) in [6.07, 6.45) is 0. The van der Waals surface area contributed by atoms with Crippen LogP contribution in [0.2, 0.25) is 10.0 Å². The Bertz CT molecular complexity index is 554. The van der Waals surface area contributed by atoms with E-state index >= 15 is 0 Å². The van der Waals surface area contributed by atoms with Gasteiger partial charge in [0.2, 0.25) is 5.96 Å². The van der Waals surface area contributed by atoms with E-state index in [2.05, 4.69) is 5.32 Å². The number of rotatable bonds is 2. The number of urea groups is 1. The highest BCUT2D eigenvalue weighted by molar-refractivity contribution is 6.41. The van der Waals surface area contributed by atoms with Gasteiger partial charge < -0.3 is 15.8 Å². The standard InChI is InChI=1S/C11H12Cl2N4O3/c1-5(18)20-6-3-7(12)9(8(13)4-6)17(10(14)15)11(19)16-2/h3-4H,1-2H3,(H3,14,15)(H,16,19). The van der Waals surface area contributed by atoms with E-state index in [0.717, 1.165) is 4.90 Å². The number of halogens is 2. The average Bonchev–Trinajstić information content (AvgIpc) is 2.31. The monoisotopic (exact) mass is 318 g/mol. The third-order valence-electron chi connectivity index (χ3n) is 2.13. The molecule has 0 radical (unpaired) electrons. The van der Waals surface area contributed by atoms with E-state index in [-0.39, 0.29) is 21.5 Å². The first-order chi connectivity index (χ1) is 9.27. The zero-order valence-electron chi connectivity index (χ0n) is 10.7. The van der Waals surface area contributed by atoms with Crippen molar-refractivity contribution in [1.29, 1.82) is 5.41 Å². The summed E-state index contributed by atoms with van der Waals surface area (Å²) in [4.78, 5) is 23.4. The zero-order valence-corrected chi connectivity index (χ0v) is 12.2. The maximum absolute atomic E-state index is 11.7. The highest BCUT2D eigenvalue weighted by atomic mass is 35.5. The molecule has 0 bridgehead atoms. The van der Waals surface area contributed by atoms with Crippen LogP contribution in [0.3, 0.4) is 0 Å². The Morgan fingerprint density at radius 2 is 1.85 bits per heavy atom. The number of nitrogens with zero attached hydrogens (tertiary/aromatic N) is 1. The summed E-state index contributed by atoms with van der Waals surface area (Å²) in [6.45, 7) is 1.22. The topological polar surface area (TPSA) is 109 Å². The number of anilines is 1. The molecular formula is C11H12Cl2N4O3. The molecule has 2 amide bonds. The molecule has 0 unspecified atom stereocenters. The number of ether oxygens (including phenoxy) is 1. The van der Waals surface area contributed by atoms with E-state index in [1.165, 1.54) is 26.1 Å². The Morgan fingerprint density at radius 1 is 1.35 bits per heavy atom. The molecule has 0 atom stereocenters. The molecule has 4 N–H and O–H groups in total. The molecule has 0 heterocycles. The number of carbonyl (C=O) groups excluding carboxylic acids is 2. The molecule has 0 spiro atoms. The third-order valence-corrected chi connectivity index (χ3v) is 2.71. The van der Waals surface area contributed by atoms with Crippen LogP contribution in [-0.4, -0.2) is 25.0 Å². The van der Waals surface area contributed by atoms with E-state index < -0.39 is 18.0 Å². The van der Waals surface area contributed by atoms with Crippen molar-refractivity contribution in [2.24, 2.45) is 5.73 Å². The van der Waals surface area contributed by atoms with Crippen molar-refractivity contribution < 1.29 is 14.3 Å². The molecule has 0 aliphatic heterocycles. The Hall–Kier alpha value is -1.99. The Labute approximate surface area is 125 Å². The molecule has 1 aromatic rings. The van der Waals surface area contributed by atoms with Crippen molar-refractivity contribution >= 4 is 46.8 Å². The predicted molar refractivity (Wildman–Crippen MR) is 76.6 cm³/mol. The molecule has 0 saturated heterocycles. The fourth-order valence-corrected chi connectivity index (χ4v) is 2.06. The smallest absolute Gasteiger partial charge is 0.328 e. The van der Waals surface area contributed by atoms with Crippen LogP contribution in [0.4, 0.5) is 10.5 Å². The van der Waals surface area contributed by atoms with Crippen LogP contribution in [0.15, 0.2) is 12.1 Å². The summed E-state index contributed by atoms with van der Waals surface area (Å²) in [7, 11) is 1.37. The number of hydrogen-bond acceptors (Lipinski definition) is 4. The van der Waals surface area contributed by atoms with Crippen molar-refractivity contribution in [2.75, 3.05) is 11.9 Å². The van der Waals surface area contributed by atoms with Crippen molar-refractivity contribution in [3.8, 4) is 5.75 Å². The maximum atomic E-state index is 11.7. The number of guanidine groups is 1. The van der Waals surface area contributed by atoms with Gasteiger partial charge in [-0.05, 0) is 0 Å². The van der Waals surface area contributed by atoms with E-state index in [0.29, 0.717) is 0 Å². The zero-order chi connectivity index (χ0) is 15.4. The molecule has 0 aliphatic carbocycles. The number of benzene rings is 1. The van der Waals surface area contributed by atoms with Crippen LogP contribution in [0.1, 0.15) is 6.92 Å². The number of hydrogen-bond donors (Lipinski definition) is 3. The summed E-state index contributed by atoms with van der Waals surface area (Å²) in [5.41, 5.74) is 5.37. The van der Waals surface area contributed by atoms with Crippen LogP contribution in [-0.2, 0) is 4.79 Å². The van der Waals surface area contributed by atoms with Gasteiger partial charge in [-0.25, -0.2) is 9.69 Å². The summed E-state index contributed by atoms with van der Waals surface area (Å²) < 4.78 is 4.85. The summed E-state index contributed by atoms with van der Waals surface area (Å²) >= 11 is 12.0. The Morgan fingerprint density at radius 3 is 2.20 bits per heavy atom. The van der Waals surface area contributed by atoms with E-state index in [1.807, 2.05) is 0 Å². The minimum Gasteiger partial charge on any atom is -0.427 e. The fraction of sp³-hybridized carbons (Fsp3) is 0.182. The molecule has 1 rings (SSSR count). The second-order valence-corrected chi connectivity index (χ2v) is 4.42. The van der Waals surface area contributed by atoms with E-state index in [9.17, 15) is 9.59 Å². The van der Waals surface area contributed by atoms with Gasteiger partial charge in [0.1, 0.15) is 5.75 Å². The summed E-state index contributed by atoms with van der Waals surface area (Å²) in [6, 6.07) is 1.91. The van der Waals surface area contributed by atoms with Crippen LogP contribution >= 0.6 is 23.2 Å². The minimum atomic E-state index is -0.679. The normalized spacial score (nSPS) is 9.80. The van der Waals surface area contributed by atoms with Gasteiger partial charge in [-0.15, -0.1) is 0 Å². The molecule has 7 nitrogen and oxygen atoms in total. The number of esters is 1.